The fourth-order valence-corrected chi connectivity index (χ4v) is 2.99. The highest BCUT2D eigenvalue weighted by molar-refractivity contribution is 7.91. The Morgan fingerprint density at radius 2 is 1.88 bits per heavy atom. The highest BCUT2D eigenvalue weighted by atomic mass is 35.5. The van der Waals surface area contributed by atoms with Gasteiger partial charge in [-0.05, 0) is 18.2 Å². The molecule has 0 aromatic heterocycles. The number of anilines is 1. The van der Waals surface area contributed by atoms with E-state index in [4.69, 9.17) is 17.3 Å². The van der Waals surface area contributed by atoms with Crippen LogP contribution < -0.4 is 5.73 Å². The SMILES string of the molecule is Nc1ccc(Cl)c(S(=O)(=O)CCC(F)(F)F)c1. The zero-order valence-corrected chi connectivity index (χ0v) is 10.0. The first kappa shape index (κ1) is 14.1. The van der Waals surface area contributed by atoms with Crippen molar-refractivity contribution in [2.24, 2.45) is 0 Å². The van der Waals surface area contributed by atoms with Crippen LogP contribution in [0.4, 0.5) is 18.9 Å². The van der Waals surface area contributed by atoms with E-state index >= 15 is 0 Å². The minimum atomic E-state index is -4.53. The molecule has 0 saturated heterocycles. The molecule has 0 aliphatic heterocycles. The van der Waals surface area contributed by atoms with Crippen LogP contribution in [-0.2, 0) is 9.84 Å². The number of hydrogen-bond donors (Lipinski definition) is 1. The Hall–Kier alpha value is -0.950. The second kappa shape index (κ2) is 4.73. The molecule has 1 aromatic carbocycles. The van der Waals surface area contributed by atoms with Gasteiger partial charge in [0.05, 0.1) is 22.1 Å². The van der Waals surface area contributed by atoms with Crippen LogP contribution in [0.15, 0.2) is 23.1 Å². The lowest BCUT2D eigenvalue weighted by Gasteiger charge is -2.09. The van der Waals surface area contributed by atoms with E-state index in [1.54, 1.807) is 0 Å². The first-order valence-corrected chi connectivity index (χ1v) is 6.49. The molecule has 0 heterocycles. The highest BCUT2D eigenvalue weighted by Gasteiger charge is 2.31. The largest absolute Gasteiger partial charge is 0.399 e. The van der Waals surface area contributed by atoms with Crippen LogP contribution in [0, 0.1) is 0 Å². The number of sulfone groups is 1. The number of halogens is 4. The number of hydrogen-bond acceptors (Lipinski definition) is 3. The van der Waals surface area contributed by atoms with E-state index in [1.165, 1.54) is 12.1 Å². The molecule has 0 aliphatic carbocycles. The van der Waals surface area contributed by atoms with Gasteiger partial charge in [0, 0.05) is 5.69 Å². The minimum absolute atomic E-state index is 0.125. The average Bonchev–Trinajstić information content (AvgIpc) is 2.18. The molecule has 0 unspecified atom stereocenters. The third-order valence-corrected chi connectivity index (χ3v) is 4.14. The van der Waals surface area contributed by atoms with E-state index in [2.05, 4.69) is 0 Å². The van der Waals surface area contributed by atoms with E-state index in [1.807, 2.05) is 0 Å². The van der Waals surface area contributed by atoms with Crippen molar-refractivity contribution in [3.63, 3.8) is 0 Å². The molecule has 1 aromatic rings. The lowest BCUT2D eigenvalue weighted by molar-refractivity contribution is -0.129. The van der Waals surface area contributed by atoms with Crippen LogP contribution in [0.1, 0.15) is 6.42 Å². The topological polar surface area (TPSA) is 60.2 Å². The van der Waals surface area contributed by atoms with Crippen molar-refractivity contribution in [1.82, 2.24) is 0 Å². The number of nitrogens with two attached hydrogens (primary N) is 1. The molecule has 3 nitrogen and oxygen atoms in total. The number of rotatable bonds is 3. The summed E-state index contributed by atoms with van der Waals surface area (Å²) in [4.78, 5) is -0.372. The molecule has 8 heteroatoms. The van der Waals surface area contributed by atoms with Gasteiger partial charge < -0.3 is 5.73 Å². The van der Waals surface area contributed by atoms with Crippen LogP contribution in [-0.4, -0.2) is 20.3 Å². The zero-order chi connectivity index (χ0) is 13.3. The Bertz CT molecular complexity index is 513. The summed E-state index contributed by atoms with van der Waals surface area (Å²) >= 11 is 5.61. The van der Waals surface area contributed by atoms with Gasteiger partial charge in [0.25, 0.3) is 0 Å². The fourth-order valence-electron chi connectivity index (χ4n) is 1.12. The van der Waals surface area contributed by atoms with Crippen molar-refractivity contribution < 1.29 is 21.6 Å². The Balaban J connectivity index is 3.02. The van der Waals surface area contributed by atoms with Crippen molar-refractivity contribution in [3.05, 3.63) is 23.2 Å². The molecule has 96 valence electrons. The van der Waals surface area contributed by atoms with E-state index < -0.39 is 28.2 Å². The molecule has 1 rings (SSSR count). The first-order valence-electron chi connectivity index (χ1n) is 4.46. The zero-order valence-electron chi connectivity index (χ0n) is 8.46. The maximum Gasteiger partial charge on any atom is 0.390 e. The van der Waals surface area contributed by atoms with Gasteiger partial charge in [-0.1, -0.05) is 11.6 Å². The number of nitrogen functional groups attached to an aromatic ring is 1. The Labute approximate surface area is 101 Å². The summed E-state index contributed by atoms with van der Waals surface area (Å²) in [6, 6.07) is 3.65. The van der Waals surface area contributed by atoms with Crippen molar-refractivity contribution in [1.29, 1.82) is 0 Å². The molecular weight excluding hydrogens is 279 g/mol. The van der Waals surface area contributed by atoms with Crippen LogP contribution >= 0.6 is 11.6 Å². The minimum Gasteiger partial charge on any atom is -0.399 e. The predicted molar refractivity (Wildman–Crippen MR) is 58.6 cm³/mol. The maximum absolute atomic E-state index is 12.0. The van der Waals surface area contributed by atoms with Gasteiger partial charge in [-0.25, -0.2) is 8.42 Å². The van der Waals surface area contributed by atoms with Crippen molar-refractivity contribution in [2.45, 2.75) is 17.5 Å². The van der Waals surface area contributed by atoms with E-state index in [0.717, 1.165) is 6.07 Å². The summed E-state index contributed by atoms with van der Waals surface area (Å²) in [5.41, 5.74) is 5.49. The van der Waals surface area contributed by atoms with Gasteiger partial charge in [-0.3, -0.25) is 0 Å². The van der Waals surface area contributed by atoms with Gasteiger partial charge in [-0.15, -0.1) is 0 Å². The standard InChI is InChI=1S/C9H9ClF3NO2S/c10-7-2-1-6(14)5-8(7)17(15,16)4-3-9(11,12)13/h1-2,5H,3-4,14H2. The number of alkyl halides is 3. The maximum atomic E-state index is 12.0. The second-order valence-electron chi connectivity index (χ2n) is 3.37. The average molecular weight is 288 g/mol. The second-order valence-corrected chi connectivity index (χ2v) is 5.86. The molecule has 0 atom stereocenters. The van der Waals surface area contributed by atoms with Crippen LogP contribution in [0.3, 0.4) is 0 Å². The normalized spacial score (nSPS) is 12.7. The molecule has 0 saturated carbocycles. The fraction of sp³-hybridized carbons (Fsp3) is 0.333. The first-order chi connectivity index (χ1) is 7.62. The third kappa shape index (κ3) is 4.08. The van der Waals surface area contributed by atoms with Gasteiger partial charge in [0.15, 0.2) is 9.84 Å². The van der Waals surface area contributed by atoms with E-state index in [0.29, 0.717) is 0 Å². The van der Waals surface area contributed by atoms with Gasteiger partial charge >= 0.3 is 6.18 Å². The Kier molecular flexibility index (Phi) is 3.93. The van der Waals surface area contributed by atoms with Gasteiger partial charge in [0.2, 0.25) is 0 Å². The number of benzene rings is 1. The summed E-state index contributed by atoms with van der Waals surface area (Å²) in [5.74, 6) is -1.04. The summed E-state index contributed by atoms with van der Waals surface area (Å²) in [7, 11) is -4.08. The van der Waals surface area contributed by atoms with E-state index in [-0.39, 0.29) is 15.6 Å². The highest BCUT2D eigenvalue weighted by Crippen LogP contribution is 2.27. The lowest BCUT2D eigenvalue weighted by Crippen LogP contribution is -2.16. The summed E-state index contributed by atoms with van der Waals surface area (Å²) < 4.78 is 59.1. The molecule has 0 fully saturated rings. The summed E-state index contributed by atoms with van der Waals surface area (Å²) in [5, 5.41) is -0.138. The van der Waals surface area contributed by atoms with Crippen LogP contribution in [0.5, 0.6) is 0 Å². The van der Waals surface area contributed by atoms with Gasteiger partial charge in [-0.2, -0.15) is 13.2 Å². The Morgan fingerprint density at radius 3 is 2.41 bits per heavy atom. The molecule has 0 aliphatic rings. The quantitative estimate of drug-likeness (QED) is 0.870. The lowest BCUT2D eigenvalue weighted by atomic mass is 10.3. The molecule has 0 spiro atoms. The molecule has 0 radical (unpaired) electrons. The van der Waals surface area contributed by atoms with Crippen LogP contribution in [0.25, 0.3) is 0 Å². The smallest absolute Gasteiger partial charge is 0.390 e. The van der Waals surface area contributed by atoms with Crippen molar-refractivity contribution >= 4 is 27.1 Å². The van der Waals surface area contributed by atoms with Crippen LogP contribution in [0.2, 0.25) is 5.02 Å². The monoisotopic (exact) mass is 287 g/mol. The molecule has 0 amide bonds. The Morgan fingerprint density at radius 1 is 1.29 bits per heavy atom. The third-order valence-electron chi connectivity index (χ3n) is 1.94. The molecular formula is C9H9ClF3NO2S. The van der Waals surface area contributed by atoms with Crippen molar-refractivity contribution in [3.8, 4) is 0 Å². The molecule has 0 bridgehead atoms. The summed E-state index contributed by atoms with van der Waals surface area (Å²) in [6.07, 6.45) is -5.94. The van der Waals surface area contributed by atoms with E-state index in [9.17, 15) is 21.6 Å². The molecule has 2 N–H and O–H groups in total. The summed E-state index contributed by atoms with van der Waals surface area (Å²) in [6.45, 7) is 0. The molecule has 17 heavy (non-hydrogen) atoms. The van der Waals surface area contributed by atoms with Crippen molar-refractivity contribution in [2.75, 3.05) is 11.5 Å². The van der Waals surface area contributed by atoms with Gasteiger partial charge in [0.1, 0.15) is 0 Å². The predicted octanol–water partition coefficient (Wildman–Crippen LogP) is 2.65.